The highest BCUT2D eigenvalue weighted by molar-refractivity contribution is 6.96. The van der Waals surface area contributed by atoms with Gasteiger partial charge in [0.15, 0.2) is 0 Å². The summed E-state index contributed by atoms with van der Waals surface area (Å²) >= 11 is 0. The molecule has 0 atom stereocenters. The highest BCUT2D eigenvalue weighted by Gasteiger charge is 2.37. The Morgan fingerprint density at radius 1 is 0.350 bits per heavy atom. The predicted octanol–water partition coefficient (Wildman–Crippen LogP) is 8.03. The van der Waals surface area contributed by atoms with Gasteiger partial charge in [-0.25, -0.2) is 0 Å². The molecule has 0 bridgehead atoms. The Balaban J connectivity index is 1.36. The van der Waals surface area contributed by atoms with Gasteiger partial charge in [-0.3, -0.25) is 0 Å². The average Bonchev–Trinajstić information content (AvgIpc) is 3.01. The van der Waals surface area contributed by atoms with E-state index in [4.69, 9.17) is 0 Å². The lowest BCUT2D eigenvalue weighted by Gasteiger charge is -2.33. The van der Waals surface area contributed by atoms with Crippen molar-refractivity contribution >= 4 is 69.2 Å². The zero-order valence-corrected chi connectivity index (χ0v) is 21.9. The smallest absolute Gasteiger partial charge is 0.405 e. The molecule has 0 saturated carbocycles. The molecule has 4 N–H and O–H groups in total. The fourth-order valence-corrected chi connectivity index (χ4v) is 6.34. The van der Waals surface area contributed by atoms with Crippen molar-refractivity contribution in [3.8, 4) is 0 Å². The highest BCUT2D eigenvalue weighted by Crippen LogP contribution is 2.41. The quantitative estimate of drug-likeness (QED) is 0.143. The van der Waals surface area contributed by atoms with Gasteiger partial charge in [0.05, 0.1) is 0 Å². The molecule has 6 heteroatoms. The van der Waals surface area contributed by atoms with E-state index >= 15 is 0 Å². The maximum atomic E-state index is 3.86. The minimum Gasteiger partial charge on any atom is -0.405 e. The van der Waals surface area contributed by atoms with Gasteiger partial charge in [-0.1, -0.05) is 109 Å². The molecule has 0 amide bonds. The van der Waals surface area contributed by atoms with Crippen molar-refractivity contribution in [2.45, 2.75) is 0 Å². The molecular formula is C34H26B2N4. The average molecular weight is 512 g/mol. The van der Waals surface area contributed by atoms with Crippen LogP contribution in [0.4, 0.5) is 22.7 Å². The van der Waals surface area contributed by atoms with Gasteiger partial charge in [-0.05, 0) is 57.1 Å². The van der Waals surface area contributed by atoms with Crippen LogP contribution in [0.25, 0.3) is 32.5 Å². The first-order chi connectivity index (χ1) is 19.8. The summed E-state index contributed by atoms with van der Waals surface area (Å²) < 4.78 is 0. The zero-order valence-electron chi connectivity index (χ0n) is 21.9. The van der Waals surface area contributed by atoms with E-state index in [1.165, 1.54) is 43.6 Å². The second kappa shape index (κ2) is 9.28. The van der Waals surface area contributed by atoms with Crippen molar-refractivity contribution in [1.82, 2.24) is 0 Å². The number of benzene rings is 6. The first kappa shape index (κ1) is 22.9. The topological polar surface area (TPSA) is 48.1 Å². The monoisotopic (exact) mass is 512 g/mol. The van der Waals surface area contributed by atoms with E-state index in [-0.39, 0.29) is 14.0 Å². The summed E-state index contributed by atoms with van der Waals surface area (Å²) in [6.45, 7) is -0.315. The SMILES string of the molecule is c1ccc(/C(B2Nc3cccc4cccc(c34)N2)=C(/B2Nc3cccc4cccc(c34)N2)c2ccccc2)cc1. The number of anilines is 4. The summed E-state index contributed by atoms with van der Waals surface area (Å²) in [5.41, 5.74) is 9.26. The van der Waals surface area contributed by atoms with E-state index in [1.54, 1.807) is 0 Å². The molecule has 0 unspecified atom stereocenters. The van der Waals surface area contributed by atoms with Crippen LogP contribution in [0, 0.1) is 0 Å². The molecule has 4 nitrogen and oxygen atoms in total. The van der Waals surface area contributed by atoms with E-state index < -0.39 is 0 Å². The van der Waals surface area contributed by atoms with Crippen LogP contribution in [0.1, 0.15) is 11.1 Å². The molecule has 40 heavy (non-hydrogen) atoms. The molecule has 0 saturated heterocycles. The molecule has 6 aromatic carbocycles. The van der Waals surface area contributed by atoms with Crippen molar-refractivity contribution in [3.63, 3.8) is 0 Å². The number of nitrogens with one attached hydrogen (secondary N) is 4. The van der Waals surface area contributed by atoms with E-state index in [1.807, 2.05) is 0 Å². The van der Waals surface area contributed by atoms with E-state index in [0.717, 1.165) is 22.7 Å². The molecular weight excluding hydrogens is 486 g/mol. The molecule has 0 fully saturated rings. The van der Waals surface area contributed by atoms with Gasteiger partial charge >= 0.3 is 14.0 Å². The van der Waals surface area contributed by atoms with Crippen molar-refractivity contribution < 1.29 is 0 Å². The summed E-state index contributed by atoms with van der Waals surface area (Å²) in [4.78, 5) is 0. The summed E-state index contributed by atoms with van der Waals surface area (Å²) in [6, 6.07) is 47.4. The molecule has 2 aliphatic rings. The third-order valence-electron chi connectivity index (χ3n) is 8.05. The molecule has 2 aliphatic heterocycles. The maximum absolute atomic E-state index is 3.86. The molecule has 2 heterocycles. The van der Waals surface area contributed by atoms with Crippen LogP contribution in [0.3, 0.4) is 0 Å². The van der Waals surface area contributed by atoms with Gasteiger partial charge in [0.1, 0.15) is 0 Å². The van der Waals surface area contributed by atoms with Gasteiger partial charge in [-0.15, -0.1) is 0 Å². The fourth-order valence-electron chi connectivity index (χ4n) is 6.34. The Morgan fingerprint density at radius 3 is 1.00 bits per heavy atom. The van der Waals surface area contributed by atoms with Gasteiger partial charge in [0.2, 0.25) is 0 Å². The van der Waals surface area contributed by atoms with Crippen LogP contribution in [0.5, 0.6) is 0 Å². The third kappa shape index (κ3) is 3.72. The number of rotatable bonds is 4. The maximum Gasteiger partial charge on any atom is 0.406 e. The van der Waals surface area contributed by atoms with E-state index in [2.05, 4.69) is 154 Å². The minimum absolute atomic E-state index is 0.158. The minimum atomic E-state index is -0.158. The largest absolute Gasteiger partial charge is 0.406 e. The van der Waals surface area contributed by atoms with Crippen LogP contribution in [-0.4, -0.2) is 14.0 Å². The second-order valence-corrected chi connectivity index (χ2v) is 10.4. The lowest BCUT2D eigenvalue weighted by Crippen LogP contribution is -2.44. The van der Waals surface area contributed by atoms with Crippen molar-refractivity contribution in [3.05, 3.63) is 145 Å². The van der Waals surface area contributed by atoms with Crippen LogP contribution in [0.2, 0.25) is 0 Å². The number of hydrogen-bond donors (Lipinski definition) is 4. The van der Waals surface area contributed by atoms with E-state index in [0.29, 0.717) is 0 Å². The zero-order chi connectivity index (χ0) is 26.5. The second-order valence-electron chi connectivity index (χ2n) is 10.4. The van der Waals surface area contributed by atoms with Gasteiger partial charge in [-0.2, -0.15) is 0 Å². The van der Waals surface area contributed by atoms with Crippen molar-refractivity contribution in [2.24, 2.45) is 0 Å². The lowest BCUT2D eigenvalue weighted by atomic mass is 9.51. The Morgan fingerprint density at radius 2 is 0.675 bits per heavy atom. The van der Waals surface area contributed by atoms with Crippen LogP contribution in [-0.2, 0) is 0 Å². The molecule has 0 radical (unpaired) electrons. The lowest BCUT2D eigenvalue weighted by molar-refractivity contribution is 1.56. The standard InChI is InChI=1S/C34H26B2N4/c1-3-11-25(12-4-1)33(35-37-27-19-7-15-23-16-8-20-28(38-35)31(23)27)34(26-13-5-2-6-14-26)36-39-29-21-9-17-24-18-10-22-30(40-36)32(24)29/h1-22,37-40H/b34-33-. The first-order valence-electron chi connectivity index (χ1n) is 13.8. The Bertz CT molecular complexity index is 1700. The Hall–Kier alpha value is -5.09. The molecule has 8 rings (SSSR count). The van der Waals surface area contributed by atoms with Crippen LogP contribution < -0.4 is 20.9 Å². The van der Waals surface area contributed by atoms with Gasteiger partial charge in [0.25, 0.3) is 0 Å². The van der Waals surface area contributed by atoms with Crippen molar-refractivity contribution in [1.29, 1.82) is 0 Å². The Labute approximate surface area is 234 Å². The third-order valence-corrected chi connectivity index (χ3v) is 8.05. The summed E-state index contributed by atoms with van der Waals surface area (Å²) in [5.74, 6) is 0. The fraction of sp³-hybridized carbons (Fsp3) is 0. The van der Waals surface area contributed by atoms with Gasteiger partial charge < -0.3 is 20.9 Å². The summed E-state index contributed by atoms with van der Waals surface area (Å²) in [7, 11) is 0. The van der Waals surface area contributed by atoms with E-state index in [9.17, 15) is 0 Å². The highest BCUT2D eigenvalue weighted by atomic mass is 15.0. The van der Waals surface area contributed by atoms with Crippen LogP contribution in [0.15, 0.2) is 133 Å². The molecule has 0 spiro atoms. The predicted molar refractivity (Wildman–Crippen MR) is 174 cm³/mol. The normalized spacial score (nSPS) is 14.1. The molecule has 6 aromatic rings. The van der Waals surface area contributed by atoms with Gasteiger partial charge in [0, 0.05) is 33.5 Å². The molecule has 0 aliphatic carbocycles. The number of hydrogen-bond acceptors (Lipinski definition) is 4. The van der Waals surface area contributed by atoms with Crippen molar-refractivity contribution in [2.75, 3.05) is 20.9 Å². The summed E-state index contributed by atoms with van der Waals surface area (Å²) in [5, 5.41) is 20.4. The van der Waals surface area contributed by atoms with Crippen LogP contribution >= 0.6 is 0 Å². The Kier molecular flexibility index (Phi) is 5.30. The molecule has 188 valence electrons. The first-order valence-corrected chi connectivity index (χ1v) is 13.8. The molecule has 0 aromatic heterocycles. The summed E-state index contributed by atoms with van der Waals surface area (Å²) in [6.07, 6.45) is 0.